The maximum Gasteiger partial charge on any atom is 0.0356 e. The molecule has 2 nitrogen and oxygen atoms in total. The van der Waals surface area contributed by atoms with E-state index >= 15 is 0 Å². The normalized spacial score (nSPS) is 36.0. The summed E-state index contributed by atoms with van der Waals surface area (Å²) in [5.41, 5.74) is 6.38. The summed E-state index contributed by atoms with van der Waals surface area (Å²) in [6.45, 7) is 11.3. The summed E-state index contributed by atoms with van der Waals surface area (Å²) in [5, 5.41) is 0. The summed E-state index contributed by atoms with van der Waals surface area (Å²) in [4.78, 5) is 2.54. The molecule has 0 heterocycles. The summed E-state index contributed by atoms with van der Waals surface area (Å²) >= 11 is 0. The Labute approximate surface area is 102 Å². The van der Waals surface area contributed by atoms with Gasteiger partial charge in [0.05, 0.1) is 0 Å². The first-order valence-electron chi connectivity index (χ1n) is 6.85. The van der Waals surface area contributed by atoms with Crippen molar-refractivity contribution in [2.24, 2.45) is 23.5 Å². The van der Waals surface area contributed by atoms with E-state index in [1.807, 2.05) is 0 Å². The summed E-state index contributed by atoms with van der Waals surface area (Å²) in [5.74, 6) is 2.25. The van der Waals surface area contributed by atoms with E-state index in [0.717, 1.165) is 30.8 Å². The van der Waals surface area contributed by atoms with Crippen molar-refractivity contribution >= 4 is 0 Å². The minimum atomic E-state index is 0.252. The minimum absolute atomic E-state index is 0.252. The standard InChI is InChI=1S/C14H30N2/c1-11(2)9-16(5)14(10-15)8-6-7-12(3)13(14)4/h11-13H,6-10,15H2,1-5H3. The van der Waals surface area contributed by atoms with Crippen molar-refractivity contribution in [3.05, 3.63) is 0 Å². The molecule has 96 valence electrons. The predicted octanol–water partition coefficient (Wildman–Crippen LogP) is 2.73. The van der Waals surface area contributed by atoms with E-state index in [2.05, 4.69) is 39.6 Å². The number of rotatable bonds is 4. The van der Waals surface area contributed by atoms with Crippen LogP contribution < -0.4 is 5.73 Å². The van der Waals surface area contributed by atoms with Crippen LogP contribution in [0, 0.1) is 17.8 Å². The van der Waals surface area contributed by atoms with Crippen LogP contribution in [0.5, 0.6) is 0 Å². The van der Waals surface area contributed by atoms with Crippen LogP contribution in [-0.4, -0.2) is 30.6 Å². The van der Waals surface area contributed by atoms with Crippen molar-refractivity contribution in [2.75, 3.05) is 20.1 Å². The molecule has 0 radical (unpaired) electrons. The van der Waals surface area contributed by atoms with Gasteiger partial charge >= 0.3 is 0 Å². The van der Waals surface area contributed by atoms with Crippen molar-refractivity contribution in [2.45, 2.75) is 52.5 Å². The number of likely N-dealkylation sites (N-methyl/N-ethyl adjacent to an activating group) is 1. The van der Waals surface area contributed by atoms with Crippen LogP contribution >= 0.6 is 0 Å². The summed E-state index contributed by atoms with van der Waals surface area (Å²) in [7, 11) is 2.27. The molecule has 3 atom stereocenters. The maximum atomic E-state index is 6.13. The van der Waals surface area contributed by atoms with Crippen molar-refractivity contribution in [3.63, 3.8) is 0 Å². The van der Waals surface area contributed by atoms with E-state index in [1.165, 1.54) is 19.3 Å². The third-order valence-electron chi connectivity index (χ3n) is 4.72. The van der Waals surface area contributed by atoms with Crippen LogP contribution in [0.4, 0.5) is 0 Å². The molecule has 0 saturated heterocycles. The molecule has 1 fully saturated rings. The Kier molecular flexibility index (Phi) is 4.81. The molecule has 0 aromatic carbocycles. The molecule has 1 rings (SSSR count). The molecule has 1 aliphatic carbocycles. The first-order chi connectivity index (χ1) is 7.44. The quantitative estimate of drug-likeness (QED) is 0.798. The van der Waals surface area contributed by atoms with Gasteiger partial charge in [0.15, 0.2) is 0 Å². The summed E-state index contributed by atoms with van der Waals surface area (Å²) in [6.07, 6.45) is 3.99. The van der Waals surface area contributed by atoms with E-state index in [4.69, 9.17) is 5.73 Å². The van der Waals surface area contributed by atoms with Gasteiger partial charge in [0.25, 0.3) is 0 Å². The highest BCUT2D eigenvalue weighted by atomic mass is 15.2. The van der Waals surface area contributed by atoms with Crippen LogP contribution in [0.1, 0.15) is 47.0 Å². The van der Waals surface area contributed by atoms with E-state index in [0.29, 0.717) is 0 Å². The van der Waals surface area contributed by atoms with Gasteiger partial charge in [-0.05, 0) is 31.2 Å². The second-order valence-electron chi connectivity index (χ2n) is 6.24. The maximum absolute atomic E-state index is 6.13. The highest BCUT2D eigenvalue weighted by molar-refractivity contribution is 4.99. The molecule has 0 aromatic heterocycles. The zero-order chi connectivity index (χ0) is 12.3. The van der Waals surface area contributed by atoms with Gasteiger partial charge in [-0.15, -0.1) is 0 Å². The summed E-state index contributed by atoms with van der Waals surface area (Å²) < 4.78 is 0. The number of hydrogen-bond donors (Lipinski definition) is 1. The molecule has 2 N–H and O–H groups in total. The lowest BCUT2D eigenvalue weighted by atomic mass is 9.67. The average molecular weight is 226 g/mol. The van der Waals surface area contributed by atoms with Crippen LogP contribution in [0.2, 0.25) is 0 Å². The van der Waals surface area contributed by atoms with Gasteiger partial charge in [0, 0.05) is 18.6 Å². The smallest absolute Gasteiger partial charge is 0.0356 e. The molecule has 0 spiro atoms. The predicted molar refractivity (Wildman–Crippen MR) is 71.4 cm³/mol. The fourth-order valence-electron chi connectivity index (χ4n) is 3.45. The lowest BCUT2D eigenvalue weighted by molar-refractivity contribution is 0.000257. The topological polar surface area (TPSA) is 29.3 Å². The largest absolute Gasteiger partial charge is 0.329 e. The number of nitrogens with two attached hydrogens (primary N) is 1. The summed E-state index contributed by atoms with van der Waals surface area (Å²) in [6, 6.07) is 0. The molecule has 0 aromatic rings. The van der Waals surface area contributed by atoms with Crippen LogP contribution in [-0.2, 0) is 0 Å². The third-order valence-corrected chi connectivity index (χ3v) is 4.72. The van der Waals surface area contributed by atoms with Gasteiger partial charge in [-0.2, -0.15) is 0 Å². The molecule has 0 bridgehead atoms. The van der Waals surface area contributed by atoms with Crippen LogP contribution in [0.3, 0.4) is 0 Å². The van der Waals surface area contributed by atoms with Gasteiger partial charge < -0.3 is 5.73 Å². The van der Waals surface area contributed by atoms with Crippen LogP contribution in [0.15, 0.2) is 0 Å². The molecular formula is C14H30N2. The van der Waals surface area contributed by atoms with Gasteiger partial charge in [0.2, 0.25) is 0 Å². The average Bonchev–Trinajstić information content (AvgIpc) is 2.21. The Morgan fingerprint density at radius 3 is 2.50 bits per heavy atom. The van der Waals surface area contributed by atoms with E-state index < -0.39 is 0 Å². The van der Waals surface area contributed by atoms with E-state index in [-0.39, 0.29) is 5.54 Å². The van der Waals surface area contributed by atoms with E-state index in [9.17, 15) is 0 Å². The first-order valence-corrected chi connectivity index (χ1v) is 6.85. The molecule has 3 unspecified atom stereocenters. The Bertz CT molecular complexity index is 215. The molecule has 1 aliphatic rings. The van der Waals surface area contributed by atoms with Gasteiger partial charge in [-0.1, -0.05) is 40.5 Å². The SMILES string of the molecule is CC(C)CN(C)C1(CN)CCCC(C)C1C. The Morgan fingerprint density at radius 2 is 2.00 bits per heavy atom. The third kappa shape index (κ3) is 2.60. The van der Waals surface area contributed by atoms with Crippen LogP contribution in [0.25, 0.3) is 0 Å². The second-order valence-corrected chi connectivity index (χ2v) is 6.24. The lowest BCUT2D eigenvalue weighted by Gasteiger charge is -2.51. The molecule has 0 aliphatic heterocycles. The zero-order valence-electron chi connectivity index (χ0n) is 11.8. The van der Waals surface area contributed by atoms with Crippen molar-refractivity contribution in [1.29, 1.82) is 0 Å². The molecule has 2 heteroatoms. The Morgan fingerprint density at radius 1 is 1.38 bits per heavy atom. The Hall–Kier alpha value is -0.0800. The van der Waals surface area contributed by atoms with Gasteiger partial charge in [-0.3, -0.25) is 4.90 Å². The molecule has 1 saturated carbocycles. The van der Waals surface area contributed by atoms with Gasteiger partial charge in [0.1, 0.15) is 0 Å². The molecule has 16 heavy (non-hydrogen) atoms. The fourth-order valence-corrected chi connectivity index (χ4v) is 3.45. The number of nitrogens with zero attached hydrogens (tertiary/aromatic N) is 1. The zero-order valence-corrected chi connectivity index (χ0v) is 11.8. The highest BCUT2D eigenvalue weighted by Crippen LogP contribution is 2.40. The minimum Gasteiger partial charge on any atom is -0.329 e. The van der Waals surface area contributed by atoms with Gasteiger partial charge in [-0.25, -0.2) is 0 Å². The molecular weight excluding hydrogens is 196 g/mol. The number of hydrogen-bond acceptors (Lipinski definition) is 2. The molecule has 0 amide bonds. The van der Waals surface area contributed by atoms with Crippen molar-refractivity contribution in [3.8, 4) is 0 Å². The highest BCUT2D eigenvalue weighted by Gasteiger charge is 2.43. The van der Waals surface area contributed by atoms with Crippen molar-refractivity contribution < 1.29 is 0 Å². The second kappa shape index (κ2) is 5.50. The van der Waals surface area contributed by atoms with E-state index in [1.54, 1.807) is 0 Å². The van der Waals surface area contributed by atoms with Crippen molar-refractivity contribution in [1.82, 2.24) is 4.90 Å². The Balaban J connectivity index is 2.81. The first kappa shape index (κ1) is 14.0. The fraction of sp³-hybridized carbons (Fsp3) is 1.00. The lowest BCUT2D eigenvalue weighted by Crippen LogP contribution is -2.60. The monoisotopic (exact) mass is 226 g/mol.